The maximum absolute atomic E-state index is 15.0. The lowest BCUT2D eigenvalue weighted by molar-refractivity contribution is -0.109. The van der Waals surface area contributed by atoms with Gasteiger partial charge in [0, 0.05) is 63.2 Å². The molecular weight excluding hydrogens is 596 g/mol. The van der Waals surface area contributed by atoms with Gasteiger partial charge in [-0.15, -0.1) is 11.6 Å². The van der Waals surface area contributed by atoms with E-state index in [4.69, 9.17) is 21.1 Å². The summed E-state index contributed by atoms with van der Waals surface area (Å²) in [5.74, 6) is 1.58. The number of rotatable bonds is 5. The van der Waals surface area contributed by atoms with Gasteiger partial charge in [0.25, 0.3) is 0 Å². The zero-order valence-electron chi connectivity index (χ0n) is 24.2. The predicted octanol–water partition coefficient (Wildman–Crippen LogP) is 3.15. The van der Waals surface area contributed by atoms with E-state index < -0.39 is 46.6 Å². The Morgan fingerprint density at radius 2 is 1.48 bits per heavy atom. The fourth-order valence-corrected chi connectivity index (χ4v) is 10.6. The Balaban J connectivity index is 1.10. The van der Waals surface area contributed by atoms with Crippen molar-refractivity contribution >= 4 is 22.2 Å². The van der Waals surface area contributed by atoms with Crippen LogP contribution in [0, 0.1) is 22.5 Å². The molecule has 0 radical (unpaired) electrons. The first kappa shape index (κ1) is 31.7. The Bertz CT molecular complexity index is 987. The number of piperazine rings is 1. The van der Waals surface area contributed by atoms with Crippen molar-refractivity contribution < 1.29 is 26.5 Å². The minimum Gasteiger partial charge on any atom is -0.444 e. The highest BCUT2D eigenvalue weighted by Gasteiger charge is 2.54. The number of methoxy groups -OCH3 is 1. The van der Waals surface area contributed by atoms with E-state index in [1.807, 2.05) is 0 Å². The lowest BCUT2D eigenvalue weighted by atomic mass is 9.67. The summed E-state index contributed by atoms with van der Waals surface area (Å²) in [4.78, 5) is 6.44. The van der Waals surface area contributed by atoms with Crippen molar-refractivity contribution in [3.8, 4) is 0 Å². The van der Waals surface area contributed by atoms with E-state index in [1.165, 1.54) is 37.0 Å². The molecule has 0 aromatic rings. The standard InChI is InChI=1S/C28H46ClF4N6O2S/c1-41-28-35-18-14-39(19-7-3-5-15-4-2-6-17(29)20(15)19)9-8-16(18)27(36-28)38-12-10-37(11-13-38)25-21(30)23(32)26(42(34)40)24(33)22(25)31/h15-28,34-36H,2-14H2,1H3/q-1. The molecule has 0 aromatic carbocycles. The third-order valence-electron chi connectivity index (χ3n) is 11.3. The topological polar surface area (TPSA) is 83.9 Å². The predicted molar refractivity (Wildman–Crippen MR) is 154 cm³/mol. The molecule has 0 amide bonds. The van der Waals surface area contributed by atoms with Crippen molar-refractivity contribution in [2.75, 3.05) is 46.4 Å². The molecule has 12 atom stereocenters. The largest absolute Gasteiger partial charge is 0.444 e. The molecule has 0 aromatic heterocycles. The summed E-state index contributed by atoms with van der Waals surface area (Å²) in [5, 5.41) is 5.38. The number of hydrogen-bond acceptors (Lipinski definition) is 9. The molecule has 3 heterocycles. The summed E-state index contributed by atoms with van der Waals surface area (Å²) in [7, 11) is -1.08. The monoisotopic (exact) mass is 641 g/mol. The van der Waals surface area contributed by atoms with Crippen molar-refractivity contribution in [3.05, 3.63) is 0 Å². The first-order chi connectivity index (χ1) is 20.2. The molecular formula is C28H46ClF4N6O2S-. The minimum absolute atomic E-state index is 0.00766. The Morgan fingerprint density at radius 3 is 2.12 bits per heavy atom. The number of ether oxygens (including phenoxy) is 1. The highest BCUT2D eigenvalue weighted by Crippen LogP contribution is 2.46. The highest BCUT2D eigenvalue weighted by atomic mass is 35.5. The lowest BCUT2D eigenvalue weighted by Crippen LogP contribution is -2.74. The molecule has 3 N–H and O–H groups in total. The van der Waals surface area contributed by atoms with Gasteiger partial charge in [0.15, 0.2) is 6.35 Å². The number of fused-ring (bicyclic) bond motifs is 2. The van der Waals surface area contributed by atoms with E-state index in [1.54, 1.807) is 7.11 Å². The molecule has 3 saturated carbocycles. The number of alkyl halides is 5. The van der Waals surface area contributed by atoms with Crippen LogP contribution in [0.1, 0.15) is 44.9 Å². The van der Waals surface area contributed by atoms with Crippen LogP contribution in [0.15, 0.2) is 0 Å². The van der Waals surface area contributed by atoms with Crippen LogP contribution in [-0.4, -0.2) is 127 Å². The van der Waals surface area contributed by atoms with E-state index in [0.29, 0.717) is 31.0 Å². The average molecular weight is 642 g/mol. The van der Waals surface area contributed by atoms with E-state index in [-0.39, 0.29) is 37.0 Å². The van der Waals surface area contributed by atoms with Crippen LogP contribution in [-0.2, 0) is 19.5 Å². The van der Waals surface area contributed by atoms with Crippen LogP contribution in [0.25, 0.3) is 0 Å². The number of hydrogen-bond donors (Lipinski definition) is 3. The van der Waals surface area contributed by atoms with Crippen LogP contribution >= 0.6 is 11.6 Å². The highest BCUT2D eigenvalue weighted by molar-refractivity contribution is 7.74. The quantitative estimate of drug-likeness (QED) is 0.242. The van der Waals surface area contributed by atoms with Crippen molar-refractivity contribution in [2.24, 2.45) is 17.8 Å². The van der Waals surface area contributed by atoms with E-state index in [2.05, 4.69) is 20.4 Å². The van der Waals surface area contributed by atoms with Gasteiger partial charge in [0.1, 0.15) is 24.7 Å². The number of halogens is 5. The SMILES string of the molecule is COC1NC2CN(C3CCCC4CCCC(Cl)C43)CCC2C(N2CCN(C3C(F)C(F)C([S-](=N)=O)C(F)C3F)CC2)N1. The maximum atomic E-state index is 15.0. The van der Waals surface area contributed by atoms with E-state index in [9.17, 15) is 13.0 Å². The molecule has 6 fully saturated rings. The summed E-state index contributed by atoms with van der Waals surface area (Å²) in [6, 6.07) is -0.877. The van der Waals surface area contributed by atoms with Crippen LogP contribution in [0.3, 0.4) is 0 Å². The van der Waals surface area contributed by atoms with Crippen LogP contribution in [0.4, 0.5) is 17.6 Å². The Labute approximate surface area is 253 Å². The van der Waals surface area contributed by atoms with Gasteiger partial charge in [-0.2, -0.15) is 10.6 Å². The molecule has 14 heteroatoms. The van der Waals surface area contributed by atoms with E-state index >= 15 is 8.78 Å². The van der Waals surface area contributed by atoms with Crippen molar-refractivity contribution in [2.45, 2.75) is 111 Å². The second-order valence-corrected chi connectivity index (χ2v) is 15.0. The molecule has 242 valence electrons. The number of likely N-dealkylation sites (tertiary alicyclic amines) is 1. The summed E-state index contributed by atoms with van der Waals surface area (Å²) in [6.07, 6.45) is -1.59. The third kappa shape index (κ3) is 5.87. The zero-order chi connectivity index (χ0) is 29.7. The second-order valence-electron chi connectivity index (χ2n) is 13.3. The van der Waals surface area contributed by atoms with Crippen molar-refractivity contribution in [3.63, 3.8) is 0 Å². The zero-order valence-corrected chi connectivity index (χ0v) is 25.8. The number of nitrogens with one attached hydrogen (secondary N) is 3. The third-order valence-corrected chi connectivity index (χ3v) is 12.9. The van der Waals surface area contributed by atoms with Gasteiger partial charge in [0.05, 0.1) is 12.2 Å². The van der Waals surface area contributed by atoms with Gasteiger partial charge in [0.2, 0.25) is 0 Å². The summed E-state index contributed by atoms with van der Waals surface area (Å²) in [6.45, 7) is 3.41. The normalized spacial score (nSPS) is 49.9. The van der Waals surface area contributed by atoms with Gasteiger partial charge < -0.3 is 13.7 Å². The fourth-order valence-electron chi connectivity index (χ4n) is 9.28. The molecule has 42 heavy (non-hydrogen) atoms. The molecule has 3 saturated heterocycles. The van der Waals surface area contributed by atoms with E-state index in [0.717, 1.165) is 31.8 Å². The van der Waals surface area contributed by atoms with Gasteiger partial charge in [-0.1, -0.05) is 25.7 Å². The Hall–Kier alpha value is -0.280. The van der Waals surface area contributed by atoms with Crippen LogP contribution in [0.5, 0.6) is 0 Å². The summed E-state index contributed by atoms with van der Waals surface area (Å²) >= 11 is 6.94. The molecule has 3 aliphatic carbocycles. The van der Waals surface area contributed by atoms with Crippen LogP contribution < -0.4 is 10.6 Å². The first-order valence-corrected chi connectivity index (χ1v) is 17.4. The Morgan fingerprint density at radius 1 is 0.833 bits per heavy atom. The second kappa shape index (κ2) is 13.2. The van der Waals surface area contributed by atoms with Gasteiger partial charge in [-0.25, -0.2) is 17.6 Å². The molecule has 6 rings (SSSR count). The molecule has 3 aliphatic heterocycles. The summed E-state index contributed by atoms with van der Waals surface area (Å²) in [5.41, 5.74) is 0. The molecule has 12 unspecified atom stereocenters. The smallest absolute Gasteiger partial charge is 0.164 e. The molecule has 0 bridgehead atoms. The van der Waals surface area contributed by atoms with Crippen molar-refractivity contribution in [1.82, 2.24) is 25.3 Å². The average Bonchev–Trinajstić information content (AvgIpc) is 2.99. The molecule has 8 nitrogen and oxygen atoms in total. The van der Waals surface area contributed by atoms with Gasteiger partial charge in [-0.3, -0.25) is 25.3 Å². The van der Waals surface area contributed by atoms with Gasteiger partial charge >= 0.3 is 0 Å². The van der Waals surface area contributed by atoms with Crippen LogP contribution in [0.2, 0.25) is 0 Å². The number of nitrogens with zero attached hydrogens (tertiary/aromatic N) is 3. The minimum atomic E-state index is -2.74. The molecule has 6 aliphatic rings. The molecule has 0 spiro atoms. The summed E-state index contributed by atoms with van der Waals surface area (Å²) < 4.78 is 83.8. The number of piperidine rings is 1. The first-order valence-electron chi connectivity index (χ1n) is 15.8. The fraction of sp³-hybridized carbons (Fsp3) is 1.00. The Kier molecular flexibility index (Phi) is 9.97. The lowest BCUT2D eigenvalue weighted by Gasteiger charge is -2.56. The maximum Gasteiger partial charge on any atom is 0.164 e. The van der Waals surface area contributed by atoms with Gasteiger partial charge in [-0.05, 0) is 42.9 Å². The van der Waals surface area contributed by atoms with Crippen molar-refractivity contribution in [1.29, 1.82) is 4.78 Å².